The highest BCUT2D eigenvalue weighted by Crippen LogP contribution is 2.27. The third-order valence-corrected chi connectivity index (χ3v) is 2.97. The summed E-state index contributed by atoms with van der Waals surface area (Å²) in [6, 6.07) is 10.9. The van der Waals surface area contributed by atoms with E-state index in [1.807, 2.05) is 25.1 Å². The number of hydrogen-bond donors (Lipinski definition) is 1. The van der Waals surface area contributed by atoms with Gasteiger partial charge in [-0.1, -0.05) is 12.1 Å². The van der Waals surface area contributed by atoms with Crippen molar-refractivity contribution in [3.8, 4) is 11.5 Å². The van der Waals surface area contributed by atoms with Gasteiger partial charge in [0.05, 0.1) is 14.2 Å². The number of aryl methyl sites for hydroxylation is 1. The van der Waals surface area contributed by atoms with Crippen LogP contribution in [0.25, 0.3) is 6.08 Å². The van der Waals surface area contributed by atoms with Crippen molar-refractivity contribution in [2.75, 3.05) is 19.5 Å². The van der Waals surface area contributed by atoms with Gasteiger partial charge in [-0.2, -0.15) is 0 Å². The molecule has 1 aromatic heterocycles. The van der Waals surface area contributed by atoms with E-state index in [1.54, 1.807) is 38.5 Å². The SMILES string of the molecule is COc1ccc(/C=C/C(=O)Nc2cccc(C)n2)cc1OC. The number of nitrogens with zero attached hydrogens (tertiary/aromatic N) is 1. The molecule has 1 aromatic carbocycles. The number of aromatic nitrogens is 1. The van der Waals surface area contributed by atoms with E-state index >= 15 is 0 Å². The lowest BCUT2D eigenvalue weighted by atomic mass is 10.2. The molecule has 1 amide bonds. The average molecular weight is 298 g/mol. The predicted octanol–water partition coefficient (Wildman–Crippen LogP) is 3.06. The van der Waals surface area contributed by atoms with Crippen LogP contribution in [0.5, 0.6) is 11.5 Å². The molecule has 0 aliphatic heterocycles. The first-order valence-corrected chi connectivity index (χ1v) is 6.77. The Morgan fingerprint density at radius 2 is 1.91 bits per heavy atom. The Bertz CT molecular complexity index is 696. The summed E-state index contributed by atoms with van der Waals surface area (Å²) >= 11 is 0. The molecule has 0 bridgehead atoms. The van der Waals surface area contributed by atoms with Crippen LogP contribution in [-0.4, -0.2) is 25.1 Å². The lowest BCUT2D eigenvalue weighted by molar-refractivity contribution is -0.111. The summed E-state index contributed by atoms with van der Waals surface area (Å²) < 4.78 is 10.4. The summed E-state index contributed by atoms with van der Waals surface area (Å²) in [5, 5.41) is 2.71. The maximum Gasteiger partial charge on any atom is 0.249 e. The van der Waals surface area contributed by atoms with Gasteiger partial charge in [0.2, 0.25) is 5.91 Å². The number of ether oxygens (including phenoxy) is 2. The van der Waals surface area contributed by atoms with Crippen molar-refractivity contribution in [3.05, 3.63) is 53.7 Å². The summed E-state index contributed by atoms with van der Waals surface area (Å²) in [7, 11) is 3.15. The molecule has 0 spiro atoms. The molecule has 0 saturated heterocycles. The number of anilines is 1. The van der Waals surface area contributed by atoms with Gasteiger partial charge in [0.15, 0.2) is 11.5 Å². The van der Waals surface area contributed by atoms with Crippen molar-refractivity contribution in [3.63, 3.8) is 0 Å². The number of carbonyl (C=O) groups excluding carboxylic acids is 1. The Morgan fingerprint density at radius 3 is 2.59 bits per heavy atom. The fourth-order valence-electron chi connectivity index (χ4n) is 1.91. The minimum absolute atomic E-state index is 0.243. The second-order valence-corrected chi connectivity index (χ2v) is 4.60. The second kappa shape index (κ2) is 7.26. The van der Waals surface area contributed by atoms with Gasteiger partial charge >= 0.3 is 0 Å². The summed E-state index contributed by atoms with van der Waals surface area (Å²) in [6.45, 7) is 1.87. The van der Waals surface area contributed by atoms with Crippen molar-refractivity contribution in [2.24, 2.45) is 0 Å². The van der Waals surface area contributed by atoms with Crippen LogP contribution >= 0.6 is 0 Å². The molecule has 0 fully saturated rings. The minimum atomic E-state index is -0.243. The fraction of sp³-hybridized carbons (Fsp3) is 0.176. The molecule has 0 aliphatic rings. The molecule has 0 unspecified atom stereocenters. The normalized spacial score (nSPS) is 10.5. The third kappa shape index (κ3) is 4.09. The van der Waals surface area contributed by atoms with Gasteiger partial charge in [-0.3, -0.25) is 4.79 Å². The third-order valence-electron chi connectivity index (χ3n) is 2.97. The van der Waals surface area contributed by atoms with E-state index < -0.39 is 0 Å². The lowest BCUT2D eigenvalue weighted by Gasteiger charge is -2.07. The van der Waals surface area contributed by atoms with Crippen LogP contribution in [0.4, 0.5) is 5.82 Å². The lowest BCUT2D eigenvalue weighted by Crippen LogP contribution is -2.09. The Morgan fingerprint density at radius 1 is 1.14 bits per heavy atom. The van der Waals surface area contributed by atoms with Crippen LogP contribution in [0.3, 0.4) is 0 Å². The van der Waals surface area contributed by atoms with E-state index in [4.69, 9.17) is 9.47 Å². The Labute approximate surface area is 129 Å². The van der Waals surface area contributed by atoms with Gasteiger partial charge in [0.25, 0.3) is 0 Å². The number of hydrogen-bond acceptors (Lipinski definition) is 4. The molecule has 5 heteroatoms. The maximum atomic E-state index is 11.9. The zero-order valence-electron chi connectivity index (χ0n) is 12.8. The van der Waals surface area contributed by atoms with Gasteiger partial charge in [-0.05, 0) is 42.8 Å². The molecule has 2 aromatic rings. The Hall–Kier alpha value is -2.82. The molecule has 1 heterocycles. The first-order chi connectivity index (χ1) is 10.6. The zero-order chi connectivity index (χ0) is 15.9. The van der Waals surface area contributed by atoms with Crippen LogP contribution in [0.15, 0.2) is 42.5 Å². The maximum absolute atomic E-state index is 11.9. The first-order valence-electron chi connectivity index (χ1n) is 6.77. The van der Waals surface area contributed by atoms with E-state index in [0.717, 1.165) is 11.3 Å². The number of amides is 1. The first kappa shape index (κ1) is 15.6. The van der Waals surface area contributed by atoms with E-state index in [1.165, 1.54) is 6.08 Å². The molecule has 1 N–H and O–H groups in total. The standard InChI is InChI=1S/C17H18N2O3/c1-12-5-4-6-16(18-12)19-17(20)10-8-13-7-9-14(21-2)15(11-13)22-3/h4-11H,1-3H3,(H,18,19,20)/b10-8+. The summed E-state index contributed by atoms with van der Waals surface area (Å²) in [6.07, 6.45) is 3.15. The smallest absolute Gasteiger partial charge is 0.249 e. The minimum Gasteiger partial charge on any atom is -0.493 e. The van der Waals surface area contributed by atoms with Gasteiger partial charge < -0.3 is 14.8 Å². The van der Waals surface area contributed by atoms with Crippen molar-refractivity contribution >= 4 is 17.8 Å². The van der Waals surface area contributed by atoms with Crippen molar-refractivity contribution in [2.45, 2.75) is 6.92 Å². The quantitative estimate of drug-likeness (QED) is 0.862. The van der Waals surface area contributed by atoms with Crippen molar-refractivity contribution in [1.29, 1.82) is 0 Å². The van der Waals surface area contributed by atoms with Gasteiger partial charge in [0.1, 0.15) is 5.82 Å². The van der Waals surface area contributed by atoms with E-state index in [9.17, 15) is 4.79 Å². The largest absolute Gasteiger partial charge is 0.493 e. The van der Waals surface area contributed by atoms with Crippen LogP contribution in [0, 0.1) is 6.92 Å². The van der Waals surface area contributed by atoms with Crippen LogP contribution in [-0.2, 0) is 4.79 Å². The molecular weight excluding hydrogens is 280 g/mol. The number of nitrogens with one attached hydrogen (secondary N) is 1. The Balaban J connectivity index is 2.06. The van der Waals surface area contributed by atoms with Gasteiger partial charge in [0, 0.05) is 11.8 Å². The molecule has 22 heavy (non-hydrogen) atoms. The summed E-state index contributed by atoms with van der Waals surface area (Å²) in [5.74, 6) is 1.55. The Kier molecular flexibility index (Phi) is 5.14. The van der Waals surface area contributed by atoms with Crippen LogP contribution in [0.2, 0.25) is 0 Å². The number of pyridine rings is 1. The number of benzene rings is 1. The van der Waals surface area contributed by atoms with Gasteiger partial charge in [-0.25, -0.2) is 4.98 Å². The number of methoxy groups -OCH3 is 2. The molecular formula is C17H18N2O3. The van der Waals surface area contributed by atoms with Crippen LogP contribution in [0.1, 0.15) is 11.3 Å². The van der Waals surface area contributed by atoms with E-state index in [2.05, 4.69) is 10.3 Å². The molecule has 5 nitrogen and oxygen atoms in total. The highest BCUT2D eigenvalue weighted by Gasteiger charge is 2.03. The highest BCUT2D eigenvalue weighted by atomic mass is 16.5. The predicted molar refractivity (Wildman–Crippen MR) is 86.2 cm³/mol. The van der Waals surface area contributed by atoms with Crippen LogP contribution < -0.4 is 14.8 Å². The molecule has 0 radical (unpaired) electrons. The molecule has 0 atom stereocenters. The zero-order valence-corrected chi connectivity index (χ0v) is 12.8. The topological polar surface area (TPSA) is 60.5 Å². The van der Waals surface area contributed by atoms with Crippen molar-refractivity contribution < 1.29 is 14.3 Å². The molecule has 0 saturated carbocycles. The van der Waals surface area contributed by atoms with E-state index in [-0.39, 0.29) is 5.91 Å². The molecule has 114 valence electrons. The number of rotatable bonds is 5. The molecule has 2 rings (SSSR count). The van der Waals surface area contributed by atoms with Gasteiger partial charge in [-0.15, -0.1) is 0 Å². The van der Waals surface area contributed by atoms with E-state index in [0.29, 0.717) is 17.3 Å². The highest BCUT2D eigenvalue weighted by molar-refractivity contribution is 6.01. The second-order valence-electron chi connectivity index (χ2n) is 4.60. The summed E-state index contributed by atoms with van der Waals surface area (Å²) in [5.41, 5.74) is 1.69. The number of carbonyl (C=O) groups is 1. The average Bonchev–Trinajstić information content (AvgIpc) is 2.52. The molecule has 0 aliphatic carbocycles. The summed E-state index contributed by atoms with van der Waals surface area (Å²) in [4.78, 5) is 16.1. The fourth-order valence-corrected chi connectivity index (χ4v) is 1.91. The monoisotopic (exact) mass is 298 g/mol. The van der Waals surface area contributed by atoms with Crippen molar-refractivity contribution in [1.82, 2.24) is 4.98 Å².